The molecule has 0 bridgehead atoms. The summed E-state index contributed by atoms with van der Waals surface area (Å²) in [5, 5.41) is 5.32. The van der Waals surface area contributed by atoms with Gasteiger partial charge >= 0.3 is 0 Å². The highest BCUT2D eigenvalue weighted by Gasteiger charge is 2.12. The number of aryl methyl sites for hydroxylation is 3. The predicted octanol–water partition coefficient (Wildman–Crippen LogP) is 4.76. The van der Waals surface area contributed by atoms with Crippen molar-refractivity contribution in [2.75, 3.05) is 19.0 Å². The summed E-state index contributed by atoms with van der Waals surface area (Å²) in [6, 6.07) is 11.4. The molecule has 1 aromatic heterocycles. The molecule has 0 fully saturated rings. The highest BCUT2D eigenvalue weighted by atomic mass is 32.1. The lowest BCUT2D eigenvalue weighted by atomic mass is 9.98. The summed E-state index contributed by atoms with van der Waals surface area (Å²) in [5.41, 5.74) is 5.58. The van der Waals surface area contributed by atoms with Crippen LogP contribution < -0.4 is 14.8 Å². The number of nitrogens with one attached hydrogen (secondary N) is 1. The molecule has 6 heteroatoms. The number of carbonyl (C=O) groups is 1. The molecule has 3 rings (SSSR count). The smallest absolute Gasteiger partial charge is 0.264 e. The quantitative estimate of drug-likeness (QED) is 0.668. The van der Waals surface area contributed by atoms with E-state index < -0.39 is 0 Å². The van der Waals surface area contributed by atoms with Crippen molar-refractivity contribution < 1.29 is 14.3 Å². The van der Waals surface area contributed by atoms with E-state index in [1.165, 1.54) is 28.0 Å². The van der Waals surface area contributed by atoms with E-state index in [1.807, 2.05) is 5.38 Å². The second kappa shape index (κ2) is 8.22. The van der Waals surface area contributed by atoms with E-state index in [1.54, 1.807) is 31.4 Å². The Balaban J connectivity index is 1.62. The first-order valence-electron chi connectivity index (χ1n) is 8.56. The first-order valence-corrected chi connectivity index (χ1v) is 9.44. The fraction of sp³-hybridized carbons (Fsp3) is 0.238. The Morgan fingerprint density at radius 3 is 2.33 bits per heavy atom. The van der Waals surface area contributed by atoms with E-state index in [-0.39, 0.29) is 12.5 Å². The topological polar surface area (TPSA) is 60.5 Å². The number of benzene rings is 2. The van der Waals surface area contributed by atoms with Crippen molar-refractivity contribution in [2.45, 2.75) is 20.8 Å². The maximum Gasteiger partial charge on any atom is 0.264 e. The van der Waals surface area contributed by atoms with Gasteiger partial charge in [-0.25, -0.2) is 4.98 Å². The molecule has 0 unspecified atom stereocenters. The van der Waals surface area contributed by atoms with Gasteiger partial charge in [0.25, 0.3) is 5.91 Å². The minimum Gasteiger partial charge on any atom is -0.497 e. The van der Waals surface area contributed by atoms with Crippen LogP contribution in [0.1, 0.15) is 16.7 Å². The summed E-state index contributed by atoms with van der Waals surface area (Å²) in [4.78, 5) is 16.7. The van der Waals surface area contributed by atoms with Crippen LogP contribution in [0, 0.1) is 20.8 Å². The molecule has 27 heavy (non-hydrogen) atoms. The molecular formula is C21H22N2O3S. The third-order valence-electron chi connectivity index (χ3n) is 4.11. The zero-order chi connectivity index (χ0) is 19.4. The normalized spacial score (nSPS) is 10.5. The Hall–Kier alpha value is -2.86. The van der Waals surface area contributed by atoms with E-state index in [4.69, 9.17) is 9.47 Å². The van der Waals surface area contributed by atoms with Crippen molar-refractivity contribution >= 4 is 22.4 Å². The summed E-state index contributed by atoms with van der Waals surface area (Å²) in [6.07, 6.45) is 0. The molecule has 0 aliphatic heterocycles. The molecule has 1 amide bonds. The molecule has 0 aliphatic rings. The summed E-state index contributed by atoms with van der Waals surface area (Å²) in [7, 11) is 1.60. The van der Waals surface area contributed by atoms with Gasteiger partial charge in [0.1, 0.15) is 11.5 Å². The van der Waals surface area contributed by atoms with E-state index in [2.05, 4.69) is 43.2 Å². The minimum atomic E-state index is -0.246. The van der Waals surface area contributed by atoms with E-state index in [9.17, 15) is 4.79 Å². The standard InChI is InChI=1S/C21H22N2O3S/c1-13-9-14(2)20(15(3)10-13)18-12-27-21(22-18)23-19(24)11-26-17-7-5-16(25-4)6-8-17/h5-10,12H,11H2,1-4H3,(H,22,23,24). The van der Waals surface area contributed by atoms with Crippen LogP contribution in [-0.4, -0.2) is 24.6 Å². The number of amides is 1. The lowest BCUT2D eigenvalue weighted by molar-refractivity contribution is -0.118. The molecule has 0 spiro atoms. The van der Waals surface area contributed by atoms with Gasteiger partial charge < -0.3 is 9.47 Å². The Bertz CT molecular complexity index is 925. The zero-order valence-corrected chi connectivity index (χ0v) is 16.6. The van der Waals surface area contributed by atoms with Crippen molar-refractivity contribution in [3.05, 3.63) is 58.5 Å². The number of rotatable bonds is 6. The molecular weight excluding hydrogens is 360 g/mol. The van der Waals surface area contributed by atoms with Crippen molar-refractivity contribution in [1.82, 2.24) is 4.98 Å². The van der Waals surface area contributed by atoms with Crippen molar-refractivity contribution in [3.8, 4) is 22.8 Å². The predicted molar refractivity (Wildman–Crippen MR) is 109 cm³/mol. The number of anilines is 1. The maximum absolute atomic E-state index is 12.1. The number of hydrogen-bond donors (Lipinski definition) is 1. The van der Waals surface area contributed by atoms with Crippen molar-refractivity contribution in [2.24, 2.45) is 0 Å². The highest BCUT2D eigenvalue weighted by Crippen LogP contribution is 2.31. The Labute approximate surface area is 163 Å². The fourth-order valence-corrected chi connectivity index (χ4v) is 3.72. The van der Waals surface area contributed by atoms with Crippen LogP contribution in [-0.2, 0) is 4.79 Å². The lowest BCUT2D eigenvalue weighted by Crippen LogP contribution is -2.20. The van der Waals surface area contributed by atoms with Gasteiger partial charge in [-0.1, -0.05) is 17.7 Å². The van der Waals surface area contributed by atoms with Crippen molar-refractivity contribution in [3.63, 3.8) is 0 Å². The zero-order valence-electron chi connectivity index (χ0n) is 15.8. The average molecular weight is 382 g/mol. The van der Waals surface area contributed by atoms with Gasteiger partial charge in [-0.05, 0) is 56.2 Å². The van der Waals surface area contributed by atoms with Gasteiger partial charge in [-0.15, -0.1) is 11.3 Å². The number of hydrogen-bond acceptors (Lipinski definition) is 5. The minimum absolute atomic E-state index is 0.0795. The lowest BCUT2D eigenvalue weighted by Gasteiger charge is -2.09. The third kappa shape index (κ3) is 4.65. The van der Waals surface area contributed by atoms with Gasteiger partial charge in [0, 0.05) is 10.9 Å². The molecule has 3 aromatic rings. The van der Waals surface area contributed by atoms with Gasteiger partial charge in [-0.3, -0.25) is 10.1 Å². The van der Waals surface area contributed by atoms with E-state index in [0.717, 1.165) is 17.0 Å². The van der Waals surface area contributed by atoms with E-state index >= 15 is 0 Å². The third-order valence-corrected chi connectivity index (χ3v) is 4.87. The van der Waals surface area contributed by atoms with E-state index in [0.29, 0.717) is 10.9 Å². The maximum atomic E-state index is 12.1. The summed E-state index contributed by atoms with van der Waals surface area (Å²) < 4.78 is 10.6. The number of nitrogens with zero attached hydrogens (tertiary/aromatic N) is 1. The van der Waals surface area contributed by atoms with Gasteiger partial charge in [0.15, 0.2) is 11.7 Å². The molecule has 1 N–H and O–H groups in total. The Morgan fingerprint density at radius 1 is 1.07 bits per heavy atom. The molecule has 140 valence electrons. The summed E-state index contributed by atoms with van der Waals surface area (Å²) in [6.45, 7) is 6.16. The van der Waals surface area contributed by atoms with Gasteiger partial charge in [0.05, 0.1) is 12.8 Å². The monoisotopic (exact) mass is 382 g/mol. The fourth-order valence-electron chi connectivity index (χ4n) is 3.01. The van der Waals surface area contributed by atoms with Crippen molar-refractivity contribution in [1.29, 1.82) is 0 Å². The molecule has 0 atom stereocenters. The molecule has 0 saturated heterocycles. The number of carbonyl (C=O) groups excluding carboxylic acids is 1. The van der Waals surface area contributed by atoms with Crippen LogP contribution >= 0.6 is 11.3 Å². The molecule has 1 heterocycles. The first-order chi connectivity index (χ1) is 13.0. The Morgan fingerprint density at radius 2 is 1.70 bits per heavy atom. The van der Waals surface area contributed by atoms with Gasteiger partial charge in [-0.2, -0.15) is 0 Å². The second-order valence-electron chi connectivity index (χ2n) is 6.32. The largest absolute Gasteiger partial charge is 0.497 e. The molecule has 0 aliphatic carbocycles. The Kier molecular flexibility index (Phi) is 5.76. The van der Waals surface area contributed by atoms with Crippen LogP contribution in [0.15, 0.2) is 41.8 Å². The van der Waals surface area contributed by atoms with Gasteiger partial charge in [0.2, 0.25) is 0 Å². The molecule has 2 aromatic carbocycles. The number of aromatic nitrogens is 1. The van der Waals surface area contributed by atoms with Crippen LogP contribution in [0.3, 0.4) is 0 Å². The number of ether oxygens (including phenoxy) is 2. The van der Waals surface area contributed by atoms with Crippen LogP contribution in [0.2, 0.25) is 0 Å². The molecule has 0 radical (unpaired) electrons. The number of thiazole rings is 1. The first kappa shape index (κ1) is 18.9. The highest BCUT2D eigenvalue weighted by molar-refractivity contribution is 7.14. The summed E-state index contributed by atoms with van der Waals surface area (Å²) in [5.74, 6) is 1.10. The molecule has 0 saturated carbocycles. The SMILES string of the molecule is COc1ccc(OCC(=O)Nc2nc(-c3c(C)cc(C)cc3C)cs2)cc1. The van der Waals surface area contributed by atoms with Crippen LogP contribution in [0.4, 0.5) is 5.13 Å². The molecule has 5 nitrogen and oxygen atoms in total. The van der Waals surface area contributed by atoms with Crippen LogP contribution in [0.5, 0.6) is 11.5 Å². The average Bonchev–Trinajstić information content (AvgIpc) is 3.07. The van der Waals surface area contributed by atoms with Crippen LogP contribution in [0.25, 0.3) is 11.3 Å². The second-order valence-corrected chi connectivity index (χ2v) is 7.18. The number of methoxy groups -OCH3 is 1. The summed E-state index contributed by atoms with van der Waals surface area (Å²) >= 11 is 1.41.